The number of alkyl halides is 4. The number of ether oxygens (including phenoxy) is 1. The van der Waals surface area contributed by atoms with Crippen LogP contribution in [0.1, 0.15) is 49.3 Å². The molecule has 3 aliphatic rings. The summed E-state index contributed by atoms with van der Waals surface area (Å²) in [5, 5.41) is 3.34. The topological polar surface area (TPSA) is 41.6 Å². The minimum atomic E-state index is -4.66. The molecule has 0 spiro atoms. The van der Waals surface area contributed by atoms with E-state index in [-0.39, 0.29) is 55.2 Å². The Balaban J connectivity index is 1.51. The van der Waals surface area contributed by atoms with Crippen LogP contribution in [0.3, 0.4) is 0 Å². The van der Waals surface area contributed by atoms with Gasteiger partial charge in [0.25, 0.3) is 0 Å². The zero-order valence-electron chi connectivity index (χ0n) is 18.6. The van der Waals surface area contributed by atoms with Crippen LogP contribution < -0.4 is 5.32 Å². The highest BCUT2D eigenvalue weighted by Gasteiger charge is 2.49. The predicted molar refractivity (Wildman–Crippen MR) is 113 cm³/mol. The Hall–Kier alpha value is -2.00. The molecule has 4 nitrogen and oxygen atoms in total. The van der Waals surface area contributed by atoms with Gasteiger partial charge < -0.3 is 15.0 Å². The van der Waals surface area contributed by atoms with Crippen LogP contribution in [0, 0.1) is 11.2 Å². The minimum absolute atomic E-state index is 0.0542. The van der Waals surface area contributed by atoms with Crippen LogP contribution in [0.15, 0.2) is 24.3 Å². The number of benzene rings is 1. The standard InChI is InChI=1S/C24H29F5N2O2/c1-14(2)23(6-3-17(11-23)30-21-5-8-33-13-20(21)26)22(32)31-7-4-18-15(12-31)9-16(10-19(18)25)24(27,28)29/h9-10,17,20-21,30H,1,3-8,11-13H2,2H3/t17-,20?,21?,23+/m1/s1. The average molecular weight is 472 g/mol. The van der Waals surface area contributed by atoms with E-state index in [2.05, 4.69) is 11.9 Å². The first-order valence-corrected chi connectivity index (χ1v) is 11.3. The maximum atomic E-state index is 14.3. The van der Waals surface area contributed by atoms with Gasteiger partial charge in [-0.05, 0) is 62.3 Å². The van der Waals surface area contributed by atoms with Gasteiger partial charge in [-0.1, -0.05) is 12.2 Å². The number of hydrogen-bond acceptors (Lipinski definition) is 3. The Labute approximate surface area is 190 Å². The van der Waals surface area contributed by atoms with E-state index in [1.165, 1.54) is 4.90 Å². The summed E-state index contributed by atoms with van der Waals surface area (Å²) in [4.78, 5) is 15.2. The third kappa shape index (κ3) is 4.67. The summed E-state index contributed by atoms with van der Waals surface area (Å²) in [5.74, 6) is -1.09. The van der Waals surface area contributed by atoms with Crippen molar-refractivity contribution in [1.82, 2.24) is 10.2 Å². The second-order valence-electron chi connectivity index (χ2n) is 9.53. The van der Waals surface area contributed by atoms with E-state index in [9.17, 15) is 26.7 Å². The normalized spacial score (nSPS) is 30.2. The average Bonchev–Trinajstić information content (AvgIpc) is 3.19. The lowest BCUT2D eigenvalue weighted by molar-refractivity contribution is -0.141. The molecule has 2 heterocycles. The molecule has 1 amide bonds. The van der Waals surface area contributed by atoms with E-state index in [0.29, 0.717) is 43.9 Å². The van der Waals surface area contributed by atoms with Crippen molar-refractivity contribution < 1.29 is 31.5 Å². The molecule has 1 saturated carbocycles. The minimum Gasteiger partial charge on any atom is -0.378 e. The Morgan fingerprint density at radius 1 is 1.30 bits per heavy atom. The van der Waals surface area contributed by atoms with E-state index >= 15 is 0 Å². The summed E-state index contributed by atoms with van der Waals surface area (Å²) in [6.07, 6.45) is -3.41. The molecule has 2 unspecified atom stereocenters. The highest BCUT2D eigenvalue weighted by molar-refractivity contribution is 5.86. The molecule has 1 saturated heterocycles. The van der Waals surface area contributed by atoms with Crippen molar-refractivity contribution in [2.24, 2.45) is 5.41 Å². The predicted octanol–water partition coefficient (Wildman–Crippen LogP) is 4.56. The summed E-state index contributed by atoms with van der Waals surface area (Å²) in [7, 11) is 0. The van der Waals surface area contributed by atoms with Gasteiger partial charge in [-0.15, -0.1) is 0 Å². The number of carbonyl (C=O) groups excluding carboxylic acids is 1. The zero-order valence-corrected chi connectivity index (χ0v) is 18.6. The molecular formula is C24H29F5N2O2. The fraction of sp³-hybridized carbons (Fsp3) is 0.625. The Morgan fingerprint density at radius 2 is 2.06 bits per heavy atom. The van der Waals surface area contributed by atoms with Crippen molar-refractivity contribution in [1.29, 1.82) is 0 Å². The summed E-state index contributed by atoms with van der Waals surface area (Å²) < 4.78 is 73.2. The summed E-state index contributed by atoms with van der Waals surface area (Å²) in [6, 6.07) is 1.06. The van der Waals surface area contributed by atoms with Crippen LogP contribution in [-0.4, -0.2) is 48.8 Å². The second kappa shape index (κ2) is 8.98. The first-order valence-electron chi connectivity index (χ1n) is 11.3. The highest BCUT2D eigenvalue weighted by Crippen LogP contribution is 2.46. The van der Waals surface area contributed by atoms with Crippen LogP contribution in [0.4, 0.5) is 22.0 Å². The first kappa shape index (κ1) is 24.1. The van der Waals surface area contributed by atoms with Gasteiger partial charge >= 0.3 is 6.18 Å². The zero-order chi connectivity index (χ0) is 24.0. The second-order valence-corrected chi connectivity index (χ2v) is 9.53. The molecule has 0 aromatic heterocycles. The van der Waals surface area contributed by atoms with Crippen LogP contribution >= 0.6 is 0 Å². The van der Waals surface area contributed by atoms with Crippen molar-refractivity contribution in [3.8, 4) is 0 Å². The fourth-order valence-electron chi connectivity index (χ4n) is 5.43. The Bertz CT molecular complexity index is 934. The molecule has 2 aliphatic heterocycles. The monoisotopic (exact) mass is 472 g/mol. The van der Waals surface area contributed by atoms with Gasteiger partial charge in [0.1, 0.15) is 12.0 Å². The highest BCUT2D eigenvalue weighted by atomic mass is 19.4. The third-order valence-electron chi connectivity index (χ3n) is 7.37. The largest absolute Gasteiger partial charge is 0.416 e. The quantitative estimate of drug-likeness (QED) is 0.516. The summed E-state index contributed by atoms with van der Waals surface area (Å²) >= 11 is 0. The van der Waals surface area contributed by atoms with E-state index in [4.69, 9.17) is 4.74 Å². The van der Waals surface area contributed by atoms with E-state index in [0.717, 1.165) is 6.07 Å². The molecule has 182 valence electrons. The molecule has 4 rings (SSSR count). The van der Waals surface area contributed by atoms with Gasteiger partial charge in [0.2, 0.25) is 5.91 Å². The van der Waals surface area contributed by atoms with Gasteiger partial charge in [0.05, 0.1) is 17.6 Å². The molecule has 9 heteroatoms. The summed E-state index contributed by atoms with van der Waals surface area (Å²) in [6.45, 7) is 6.53. The lowest BCUT2D eigenvalue weighted by Crippen LogP contribution is -2.49. The molecule has 0 radical (unpaired) electrons. The lowest BCUT2D eigenvalue weighted by Gasteiger charge is -2.38. The fourth-order valence-corrected chi connectivity index (χ4v) is 5.43. The van der Waals surface area contributed by atoms with E-state index in [1.54, 1.807) is 6.92 Å². The van der Waals surface area contributed by atoms with Gasteiger partial charge in [-0.25, -0.2) is 8.78 Å². The molecule has 1 aromatic carbocycles. The van der Waals surface area contributed by atoms with Crippen molar-refractivity contribution in [3.63, 3.8) is 0 Å². The maximum absolute atomic E-state index is 14.3. The molecule has 33 heavy (non-hydrogen) atoms. The van der Waals surface area contributed by atoms with Crippen molar-refractivity contribution in [3.05, 3.63) is 46.8 Å². The van der Waals surface area contributed by atoms with Gasteiger partial charge in [-0.3, -0.25) is 4.79 Å². The molecule has 1 N–H and O–H groups in total. The number of nitrogens with zero attached hydrogens (tertiary/aromatic N) is 1. The van der Waals surface area contributed by atoms with Crippen LogP contribution in [0.5, 0.6) is 0 Å². The Morgan fingerprint density at radius 3 is 2.73 bits per heavy atom. The molecule has 2 fully saturated rings. The number of hydrogen-bond donors (Lipinski definition) is 1. The lowest BCUT2D eigenvalue weighted by atomic mass is 9.77. The number of carbonyl (C=O) groups is 1. The first-order chi connectivity index (χ1) is 15.5. The van der Waals surface area contributed by atoms with E-state index in [1.807, 2.05) is 0 Å². The third-order valence-corrected chi connectivity index (χ3v) is 7.37. The maximum Gasteiger partial charge on any atom is 0.416 e. The molecule has 0 bridgehead atoms. The van der Waals surface area contributed by atoms with Crippen molar-refractivity contribution in [2.75, 3.05) is 19.8 Å². The smallest absolute Gasteiger partial charge is 0.378 e. The van der Waals surface area contributed by atoms with Crippen molar-refractivity contribution in [2.45, 2.75) is 70.0 Å². The molecular weight excluding hydrogens is 443 g/mol. The van der Waals surface area contributed by atoms with Gasteiger partial charge in [-0.2, -0.15) is 13.2 Å². The van der Waals surface area contributed by atoms with Gasteiger partial charge in [0, 0.05) is 31.8 Å². The van der Waals surface area contributed by atoms with Gasteiger partial charge in [0.15, 0.2) is 0 Å². The number of nitrogens with one attached hydrogen (secondary N) is 1. The number of halogens is 5. The number of rotatable bonds is 4. The number of fused-ring (bicyclic) bond motifs is 1. The molecule has 1 aliphatic carbocycles. The van der Waals surface area contributed by atoms with Crippen LogP contribution in [0.2, 0.25) is 0 Å². The van der Waals surface area contributed by atoms with E-state index < -0.39 is 29.1 Å². The Kier molecular flexibility index (Phi) is 6.57. The molecule has 4 atom stereocenters. The molecule has 1 aromatic rings. The SMILES string of the molecule is C=C(C)[C@]1(C(=O)N2CCc3c(F)cc(C(F)(F)F)cc3C2)CC[C@@H](NC2CCOCC2F)C1. The van der Waals surface area contributed by atoms with Crippen molar-refractivity contribution >= 4 is 5.91 Å². The van der Waals surface area contributed by atoms with Crippen LogP contribution in [0.25, 0.3) is 0 Å². The number of amides is 1. The summed E-state index contributed by atoms with van der Waals surface area (Å²) in [5.41, 5.74) is -0.816. The van der Waals surface area contributed by atoms with Crippen LogP contribution in [-0.2, 0) is 28.7 Å².